The van der Waals surface area contributed by atoms with Gasteiger partial charge in [-0.05, 0) is 29.8 Å². The molecule has 0 bridgehead atoms. The maximum atomic E-state index is 13.6. The Morgan fingerprint density at radius 1 is 1.08 bits per heavy atom. The number of benzene rings is 2. The first-order valence-electron chi connectivity index (χ1n) is 11.7. The van der Waals surface area contributed by atoms with E-state index < -0.39 is 23.6 Å². The molecule has 3 N–H and O–H groups in total. The van der Waals surface area contributed by atoms with Gasteiger partial charge >= 0.3 is 5.69 Å². The van der Waals surface area contributed by atoms with Crippen LogP contribution in [0, 0.1) is 5.92 Å². The van der Waals surface area contributed by atoms with Crippen LogP contribution in [0.3, 0.4) is 0 Å². The molecule has 0 saturated carbocycles. The number of aromatic amines is 1. The molecule has 2 aromatic carbocycles. The summed E-state index contributed by atoms with van der Waals surface area (Å²) in [6, 6.07) is 14.9. The van der Waals surface area contributed by atoms with Crippen LogP contribution in [0.5, 0.6) is 11.6 Å². The number of rotatable bonds is 9. The van der Waals surface area contributed by atoms with Crippen molar-refractivity contribution in [2.75, 3.05) is 12.4 Å². The second-order valence-corrected chi connectivity index (χ2v) is 9.78. The lowest BCUT2D eigenvalue weighted by molar-refractivity contribution is -0.120. The van der Waals surface area contributed by atoms with Gasteiger partial charge < -0.3 is 20.1 Å². The van der Waals surface area contributed by atoms with E-state index in [9.17, 15) is 19.5 Å². The number of H-pyrrole nitrogens is 1. The fourth-order valence-electron chi connectivity index (χ4n) is 4.08. The van der Waals surface area contributed by atoms with Gasteiger partial charge in [-0.15, -0.1) is 11.3 Å². The van der Waals surface area contributed by atoms with Gasteiger partial charge in [0.25, 0.3) is 0 Å². The summed E-state index contributed by atoms with van der Waals surface area (Å²) in [6.45, 7) is 5.36. The fraction of sp³-hybridized carbons (Fsp3) is 0.259. The Balaban J connectivity index is 1.74. The average Bonchev–Trinajstić information content (AvgIpc) is 3.48. The number of aromatic hydroxyl groups is 1. The quantitative estimate of drug-likeness (QED) is 0.271. The minimum Gasteiger partial charge on any atom is -0.497 e. The monoisotopic (exact) mass is 520 g/mol. The highest BCUT2D eigenvalue weighted by molar-refractivity contribution is 7.14. The lowest BCUT2D eigenvalue weighted by Crippen LogP contribution is -2.35. The van der Waals surface area contributed by atoms with E-state index in [0.29, 0.717) is 11.3 Å². The minimum atomic E-state index is -1.12. The fourth-order valence-corrected chi connectivity index (χ4v) is 4.79. The van der Waals surface area contributed by atoms with Crippen LogP contribution in [0.25, 0.3) is 11.3 Å². The van der Waals surface area contributed by atoms with Crippen molar-refractivity contribution < 1.29 is 19.4 Å². The van der Waals surface area contributed by atoms with E-state index in [-0.39, 0.29) is 34.1 Å². The summed E-state index contributed by atoms with van der Waals surface area (Å²) in [5.74, 6) is -1.16. The Labute approximate surface area is 217 Å². The topological polar surface area (TPSA) is 126 Å². The summed E-state index contributed by atoms with van der Waals surface area (Å²) in [7, 11) is 1.54. The summed E-state index contributed by atoms with van der Waals surface area (Å²) in [4.78, 5) is 46.0. The Bertz CT molecular complexity index is 1450. The van der Waals surface area contributed by atoms with E-state index in [2.05, 4.69) is 15.3 Å². The predicted molar refractivity (Wildman–Crippen MR) is 143 cm³/mol. The number of ketones is 1. The predicted octanol–water partition coefficient (Wildman–Crippen LogP) is 4.84. The third kappa shape index (κ3) is 5.34. The van der Waals surface area contributed by atoms with Gasteiger partial charge in [-0.3, -0.25) is 9.59 Å². The molecule has 0 radical (unpaired) electrons. The molecule has 0 aliphatic rings. The van der Waals surface area contributed by atoms with Crippen molar-refractivity contribution >= 4 is 28.2 Å². The van der Waals surface area contributed by atoms with Crippen LogP contribution in [0.15, 0.2) is 64.8 Å². The van der Waals surface area contributed by atoms with E-state index in [1.165, 1.54) is 0 Å². The van der Waals surface area contributed by atoms with Crippen molar-refractivity contribution in [1.82, 2.24) is 14.5 Å². The second kappa shape index (κ2) is 10.8. The third-order valence-corrected chi connectivity index (χ3v) is 6.90. The van der Waals surface area contributed by atoms with Crippen LogP contribution < -0.4 is 15.7 Å². The lowest BCUT2D eigenvalue weighted by atomic mass is 9.92. The molecular weight excluding hydrogens is 492 g/mol. The summed E-state index contributed by atoms with van der Waals surface area (Å²) in [5.41, 5.74) is 1.17. The number of nitrogens with one attached hydrogen (secondary N) is 2. The molecule has 0 aliphatic heterocycles. The van der Waals surface area contributed by atoms with Gasteiger partial charge in [0, 0.05) is 22.8 Å². The molecule has 4 aromatic rings. The number of Topliss-reactive ketones (excluding diaryl/α,β-unsaturated/α-hetero) is 1. The zero-order chi connectivity index (χ0) is 26.7. The number of methoxy groups -OCH3 is 1. The van der Waals surface area contributed by atoms with Gasteiger partial charge in [-0.1, -0.05) is 51.1 Å². The minimum absolute atomic E-state index is 0.130. The van der Waals surface area contributed by atoms with E-state index in [1.807, 2.05) is 30.3 Å². The number of ether oxygens (including phenoxy) is 1. The molecule has 2 aromatic heterocycles. The molecule has 2 heterocycles. The molecule has 1 amide bonds. The molecule has 0 unspecified atom stereocenters. The van der Waals surface area contributed by atoms with Crippen LogP contribution in [-0.2, 0) is 4.79 Å². The SMILES string of the molecule is COc1ccc(-c2[nH]c(=O)n([C@H](C(=O)Nc3nc(C(=O)C(C)C)cs3)[C@@H](C)c3ccccc3)c2O)cc1. The zero-order valence-corrected chi connectivity index (χ0v) is 21.7. The van der Waals surface area contributed by atoms with Gasteiger partial charge in [0.2, 0.25) is 11.8 Å². The van der Waals surface area contributed by atoms with E-state index >= 15 is 0 Å². The first-order valence-corrected chi connectivity index (χ1v) is 12.6. The third-order valence-electron chi connectivity index (χ3n) is 6.14. The highest BCUT2D eigenvalue weighted by Gasteiger charge is 2.34. The van der Waals surface area contributed by atoms with Gasteiger partial charge in [-0.25, -0.2) is 14.3 Å². The van der Waals surface area contributed by atoms with E-state index in [0.717, 1.165) is 21.5 Å². The van der Waals surface area contributed by atoms with Crippen molar-refractivity contribution in [3.05, 3.63) is 81.7 Å². The average molecular weight is 521 g/mol. The highest BCUT2D eigenvalue weighted by Crippen LogP contribution is 2.35. The number of hydrogen-bond donors (Lipinski definition) is 3. The Hall–Kier alpha value is -4.18. The van der Waals surface area contributed by atoms with Crippen molar-refractivity contribution in [3.8, 4) is 22.9 Å². The van der Waals surface area contributed by atoms with Crippen molar-refractivity contribution in [1.29, 1.82) is 0 Å². The van der Waals surface area contributed by atoms with Crippen LogP contribution in [0.1, 0.15) is 48.8 Å². The number of amides is 1. The van der Waals surface area contributed by atoms with Gasteiger partial charge in [0.15, 0.2) is 10.9 Å². The molecule has 0 fully saturated rings. The Morgan fingerprint density at radius 2 is 1.76 bits per heavy atom. The van der Waals surface area contributed by atoms with Crippen LogP contribution in [0.4, 0.5) is 5.13 Å². The molecule has 2 atom stereocenters. The number of carbonyl (C=O) groups is 2. The van der Waals surface area contributed by atoms with Crippen molar-refractivity contribution in [2.24, 2.45) is 5.92 Å². The number of hydrogen-bond acceptors (Lipinski definition) is 7. The molecule has 9 nitrogen and oxygen atoms in total. The summed E-state index contributed by atoms with van der Waals surface area (Å²) in [6.07, 6.45) is 0. The molecular formula is C27H28N4O5S. The number of imidazole rings is 1. The summed E-state index contributed by atoms with van der Waals surface area (Å²) < 4.78 is 6.24. The molecule has 10 heteroatoms. The zero-order valence-electron chi connectivity index (χ0n) is 20.9. The number of thiazole rings is 1. The van der Waals surface area contributed by atoms with Crippen LogP contribution >= 0.6 is 11.3 Å². The molecule has 37 heavy (non-hydrogen) atoms. The number of carbonyl (C=O) groups excluding carboxylic acids is 2. The molecule has 0 saturated heterocycles. The van der Waals surface area contributed by atoms with Crippen molar-refractivity contribution in [2.45, 2.75) is 32.7 Å². The first kappa shape index (κ1) is 25.9. The smallest absolute Gasteiger partial charge is 0.329 e. The first-order chi connectivity index (χ1) is 17.7. The van der Waals surface area contributed by atoms with Crippen LogP contribution in [0.2, 0.25) is 0 Å². The maximum Gasteiger partial charge on any atom is 0.329 e. The molecule has 0 spiro atoms. The second-order valence-electron chi connectivity index (χ2n) is 8.92. The standard InChI is InChI=1S/C27H28N4O5S/c1-15(2)23(32)20-14-37-26(28-20)30-24(33)22(16(3)17-8-6-5-7-9-17)31-25(34)21(29-27(31)35)18-10-12-19(36-4)13-11-18/h5-16,22,34H,1-4H3,(H,29,35)(H,28,30,33)/t16-,22-/m0/s1. The number of anilines is 1. The van der Waals surface area contributed by atoms with Gasteiger partial charge in [-0.2, -0.15) is 0 Å². The highest BCUT2D eigenvalue weighted by atomic mass is 32.1. The van der Waals surface area contributed by atoms with Gasteiger partial charge in [0.05, 0.1) is 7.11 Å². The van der Waals surface area contributed by atoms with E-state index in [1.54, 1.807) is 57.5 Å². The summed E-state index contributed by atoms with van der Waals surface area (Å²) >= 11 is 1.12. The summed E-state index contributed by atoms with van der Waals surface area (Å²) in [5, 5.41) is 15.7. The number of aromatic nitrogens is 3. The maximum absolute atomic E-state index is 13.6. The van der Waals surface area contributed by atoms with E-state index in [4.69, 9.17) is 4.74 Å². The normalized spacial score (nSPS) is 12.8. The molecule has 0 aliphatic carbocycles. The largest absolute Gasteiger partial charge is 0.497 e. The van der Waals surface area contributed by atoms with Crippen molar-refractivity contribution in [3.63, 3.8) is 0 Å². The number of nitrogens with zero attached hydrogens (tertiary/aromatic N) is 2. The Morgan fingerprint density at radius 3 is 2.38 bits per heavy atom. The Kier molecular flexibility index (Phi) is 7.58. The lowest BCUT2D eigenvalue weighted by Gasteiger charge is -2.24. The van der Waals surface area contributed by atoms with Crippen LogP contribution in [-0.4, -0.2) is 38.4 Å². The molecule has 4 rings (SSSR count). The molecule has 192 valence electrons. The van der Waals surface area contributed by atoms with Gasteiger partial charge in [0.1, 0.15) is 23.2 Å².